The highest BCUT2D eigenvalue weighted by Crippen LogP contribution is 2.35. The molecule has 0 radical (unpaired) electrons. The van der Waals surface area contributed by atoms with Gasteiger partial charge in [-0.3, -0.25) is 0 Å². The Kier molecular flexibility index (Phi) is 5.86. The van der Waals surface area contributed by atoms with Crippen molar-refractivity contribution in [2.75, 3.05) is 0 Å². The predicted octanol–water partition coefficient (Wildman–Crippen LogP) is 5.52. The molecule has 1 fully saturated rings. The van der Waals surface area contributed by atoms with Crippen LogP contribution in [0, 0.1) is 29.6 Å². The van der Waals surface area contributed by atoms with Crippen molar-refractivity contribution < 1.29 is 0 Å². The lowest BCUT2D eigenvalue weighted by molar-refractivity contribution is 0.315. The molecule has 0 spiro atoms. The summed E-state index contributed by atoms with van der Waals surface area (Å²) in [5.41, 5.74) is 0. The Hall–Kier alpha value is 0. The summed E-state index contributed by atoms with van der Waals surface area (Å²) in [7, 11) is 0. The largest absolute Gasteiger partial charge is 0.0628 e. The maximum absolute atomic E-state index is 2.46. The van der Waals surface area contributed by atoms with Crippen molar-refractivity contribution in [3.05, 3.63) is 0 Å². The van der Waals surface area contributed by atoms with Crippen molar-refractivity contribution in [1.29, 1.82) is 0 Å². The molecule has 0 aromatic carbocycles. The van der Waals surface area contributed by atoms with E-state index < -0.39 is 0 Å². The highest BCUT2D eigenvalue weighted by atomic mass is 14.3. The molecule has 0 nitrogen and oxygen atoms in total. The first-order chi connectivity index (χ1) is 7.49. The van der Waals surface area contributed by atoms with Crippen molar-refractivity contribution in [2.45, 2.75) is 73.1 Å². The lowest BCUT2D eigenvalue weighted by Crippen LogP contribution is -2.08. The first kappa shape index (κ1) is 14.1. The molecule has 0 saturated heterocycles. The molecular formula is C16H32. The van der Waals surface area contributed by atoms with Crippen molar-refractivity contribution in [3.8, 4) is 0 Å². The summed E-state index contributed by atoms with van der Waals surface area (Å²) in [6.07, 6.45) is 8.83. The van der Waals surface area contributed by atoms with E-state index in [1.54, 1.807) is 0 Å². The summed E-state index contributed by atoms with van der Waals surface area (Å²) in [4.78, 5) is 0. The fourth-order valence-corrected chi connectivity index (χ4v) is 3.42. The van der Waals surface area contributed by atoms with Crippen LogP contribution in [0.25, 0.3) is 0 Å². The van der Waals surface area contributed by atoms with Crippen LogP contribution in [0.5, 0.6) is 0 Å². The Labute approximate surface area is 103 Å². The molecule has 3 unspecified atom stereocenters. The van der Waals surface area contributed by atoms with Crippen LogP contribution >= 0.6 is 0 Å². The molecule has 1 aliphatic carbocycles. The third-order valence-corrected chi connectivity index (χ3v) is 4.64. The molecule has 0 aromatic rings. The molecule has 3 atom stereocenters. The van der Waals surface area contributed by atoms with Gasteiger partial charge in [-0.15, -0.1) is 0 Å². The number of hydrogen-bond donors (Lipinski definition) is 0. The van der Waals surface area contributed by atoms with Gasteiger partial charge in [0.1, 0.15) is 0 Å². The fraction of sp³-hybridized carbons (Fsp3) is 1.00. The van der Waals surface area contributed by atoms with Gasteiger partial charge in [0.05, 0.1) is 0 Å². The second-order valence-corrected chi connectivity index (χ2v) is 6.95. The first-order valence-electron chi connectivity index (χ1n) is 7.49. The molecule has 0 bridgehead atoms. The molecule has 16 heavy (non-hydrogen) atoms. The van der Waals surface area contributed by atoms with Crippen molar-refractivity contribution >= 4 is 0 Å². The smallest absolute Gasteiger partial charge is 0.0412 e. The Morgan fingerprint density at radius 2 is 1.38 bits per heavy atom. The topological polar surface area (TPSA) is 0 Å². The van der Waals surface area contributed by atoms with Gasteiger partial charge in [-0.1, -0.05) is 60.3 Å². The fourth-order valence-electron chi connectivity index (χ4n) is 3.42. The van der Waals surface area contributed by atoms with Crippen LogP contribution in [0.15, 0.2) is 0 Å². The second-order valence-electron chi connectivity index (χ2n) is 6.95. The van der Waals surface area contributed by atoms with Gasteiger partial charge in [0.15, 0.2) is 0 Å². The van der Waals surface area contributed by atoms with Crippen molar-refractivity contribution in [1.82, 2.24) is 0 Å². The number of rotatable bonds is 4. The minimum absolute atomic E-state index is 0.874. The molecule has 0 amide bonds. The molecule has 0 N–H and O–H groups in total. The average Bonchev–Trinajstić information content (AvgIpc) is 2.32. The van der Waals surface area contributed by atoms with Gasteiger partial charge >= 0.3 is 0 Å². The normalized spacial score (nSPS) is 33.8. The van der Waals surface area contributed by atoms with Crippen LogP contribution in [0.2, 0.25) is 0 Å². The molecule has 1 saturated carbocycles. The van der Waals surface area contributed by atoms with Gasteiger partial charge in [0.25, 0.3) is 0 Å². The predicted molar refractivity (Wildman–Crippen MR) is 73.5 cm³/mol. The number of hydrogen-bond acceptors (Lipinski definition) is 0. The van der Waals surface area contributed by atoms with Crippen LogP contribution in [0.1, 0.15) is 73.1 Å². The standard InChI is InChI=1S/C16H32/c1-12(2)10-13(3)11-16-8-6-14(4)15(5)7-9-16/h12-16H,6-11H2,1-5H3. The second kappa shape index (κ2) is 6.67. The molecule has 1 aliphatic rings. The van der Waals surface area contributed by atoms with Gasteiger partial charge in [-0.2, -0.15) is 0 Å². The highest BCUT2D eigenvalue weighted by Gasteiger charge is 2.22. The van der Waals surface area contributed by atoms with E-state index in [1.165, 1.54) is 38.5 Å². The minimum Gasteiger partial charge on any atom is -0.0628 e. The molecule has 96 valence electrons. The Morgan fingerprint density at radius 3 is 1.81 bits per heavy atom. The Bertz CT molecular complexity index is 170. The van der Waals surface area contributed by atoms with Gasteiger partial charge in [-0.05, 0) is 42.4 Å². The van der Waals surface area contributed by atoms with E-state index in [4.69, 9.17) is 0 Å². The zero-order chi connectivity index (χ0) is 12.1. The molecule has 0 aliphatic heterocycles. The molecule has 0 heterocycles. The van der Waals surface area contributed by atoms with Gasteiger partial charge in [0.2, 0.25) is 0 Å². The maximum Gasteiger partial charge on any atom is -0.0412 e. The SMILES string of the molecule is CC(C)CC(C)CC1CCC(C)C(C)CC1. The summed E-state index contributed by atoms with van der Waals surface area (Å²) in [6.45, 7) is 12.1. The van der Waals surface area contributed by atoms with Gasteiger partial charge in [-0.25, -0.2) is 0 Å². The lowest BCUT2D eigenvalue weighted by Gasteiger charge is -2.20. The van der Waals surface area contributed by atoms with Gasteiger partial charge in [0, 0.05) is 0 Å². The third-order valence-electron chi connectivity index (χ3n) is 4.64. The van der Waals surface area contributed by atoms with E-state index in [0.717, 1.165) is 29.6 Å². The molecule has 0 aromatic heterocycles. The minimum atomic E-state index is 0.874. The summed E-state index contributed by atoms with van der Waals surface area (Å²) in [5, 5.41) is 0. The summed E-state index contributed by atoms with van der Waals surface area (Å²) < 4.78 is 0. The van der Waals surface area contributed by atoms with E-state index >= 15 is 0 Å². The quantitative estimate of drug-likeness (QED) is 0.551. The maximum atomic E-state index is 2.46. The lowest BCUT2D eigenvalue weighted by atomic mass is 9.85. The first-order valence-corrected chi connectivity index (χ1v) is 7.49. The third kappa shape index (κ3) is 4.89. The monoisotopic (exact) mass is 224 g/mol. The summed E-state index contributed by atoms with van der Waals surface area (Å²) >= 11 is 0. The zero-order valence-electron chi connectivity index (χ0n) is 12.1. The van der Waals surface area contributed by atoms with Crippen LogP contribution < -0.4 is 0 Å². The van der Waals surface area contributed by atoms with Crippen LogP contribution in [0.3, 0.4) is 0 Å². The van der Waals surface area contributed by atoms with E-state index in [0.29, 0.717) is 0 Å². The summed E-state index contributed by atoms with van der Waals surface area (Å²) in [6, 6.07) is 0. The van der Waals surface area contributed by atoms with Crippen molar-refractivity contribution in [3.63, 3.8) is 0 Å². The average molecular weight is 224 g/mol. The van der Waals surface area contributed by atoms with Crippen LogP contribution in [-0.2, 0) is 0 Å². The Balaban J connectivity index is 2.32. The Morgan fingerprint density at radius 1 is 0.875 bits per heavy atom. The van der Waals surface area contributed by atoms with E-state index in [-0.39, 0.29) is 0 Å². The van der Waals surface area contributed by atoms with Crippen LogP contribution in [-0.4, -0.2) is 0 Å². The van der Waals surface area contributed by atoms with E-state index in [2.05, 4.69) is 34.6 Å². The van der Waals surface area contributed by atoms with Crippen LogP contribution in [0.4, 0.5) is 0 Å². The zero-order valence-corrected chi connectivity index (χ0v) is 12.1. The molecule has 0 heteroatoms. The van der Waals surface area contributed by atoms with E-state index in [9.17, 15) is 0 Å². The van der Waals surface area contributed by atoms with E-state index in [1.807, 2.05) is 0 Å². The molecular weight excluding hydrogens is 192 g/mol. The van der Waals surface area contributed by atoms with Gasteiger partial charge < -0.3 is 0 Å². The molecule has 1 rings (SSSR count). The summed E-state index contributed by atoms with van der Waals surface area (Å²) in [5.74, 6) is 4.77. The highest BCUT2D eigenvalue weighted by molar-refractivity contribution is 4.74. The van der Waals surface area contributed by atoms with Crippen molar-refractivity contribution in [2.24, 2.45) is 29.6 Å².